The smallest absolute Gasteiger partial charge is 0.128 e. The van der Waals surface area contributed by atoms with Gasteiger partial charge in [0.15, 0.2) is 0 Å². The second-order valence-corrected chi connectivity index (χ2v) is 6.29. The molecular formula is C17H26Cl2F2N2. The van der Waals surface area contributed by atoms with Crippen molar-refractivity contribution in [3.05, 3.63) is 35.4 Å². The average Bonchev–Trinajstić information content (AvgIpc) is 2.53. The van der Waals surface area contributed by atoms with Crippen molar-refractivity contribution in [2.45, 2.75) is 38.1 Å². The van der Waals surface area contributed by atoms with Crippen LogP contribution in [0.15, 0.2) is 18.2 Å². The van der Waals surface area contributed by atoms with Crippen LogP contribution >= 0.6 is 24.8 Å². The van der Waals surface area contributed by atoms with E-state index in [1.54, 1.807) is 0 Å². The molecule has 132 valence electrons. The van der Waals surface area contributed by atoms with Gasteiger partial charge in [0.05, 0.1) is 0 Å². The molecule has 23 heavy (non-hydrogen) atoms. The van der Waals surface area contributed by atoms with Crippen molar-refractivity contribution in [1.82, 2.24) is 10.2 Å². The highest BCUT2D eigenvalue weighted by atomic mass is 35.5. The summed E-state index contributed by atoms with van der Waals surface area (Å²) < 4.78 is 28.0. The van der Waals surface area contributed by atoms with Gasteiger partial charge in [0.25, 0.3) is 0 Å². The summed E-state index contributed by atoms with van der Waals surface area (Å²) in [5.41, 5.74) is 0.559. The number of hydrogen-bond donors (Lipinski definition) is 1. The third-order valence-electron chi connectivity index (χ3n) is 4.92. The Morgan fingerprint density at radius 1 is 1.00 bits per heavy atom. The van der Waals surface area contributed by atoms with Crippen LogP contribution in [0.5, 0.6) is 0 Å². The fourth-order valence-corrected chi connectivity index (χ4v) is 3.90. The Hall–Kier alpha value is -0.420. The van der Waals surface area contributed by atoms with Crippen LogP contribution in [0.4, 0.5) is 8.78 Å². The first kappa shape index (κ1) is 20.6. The number of hydrogen-bond acceptors (Lipinski definition) is 2. The van der Waals surface area contributed by atoms with Crippen molar-refractivity contribution in [3.8, 4) is 0 Å². The molecule has 1 saturated heterocycles. The second kappa shape index (κ2) is 9.77. The van der Waals surface area contributed by atoms with Gasteiger partial charge in [-0.25, -0.2) is 8.78 Å². The Bertz CT molecular complexity index is 458. The molecule has 0 bridgehead atoms. The maximum Gasteiger partial charge on any atom is 0.128 e. The van der Waals surface area contributed by atoms with Crippen molar-refractivity contribution in [2.24, 2.45) is 5.92 Å². The van der Waals surface area contributed by atoms with Gasteiger partial charge >= 0.3 is 0 Å². The van der Waals surface area contributed by atoms with E-state index in [9.17, 15) is 8.78 Å². The van der Waals surface area contributed by atoms with Crippen molar-refractivity contribution in [2.75, 3.05) is 26.2 Å². The first-order valence-corrected chi connectivity index (χ1v) is 8.15. The van der Waals surface area contributed by atoms with Gasteiger partial charge in [0.1, 0.15) is 11.6 Å². The molecule has 0 amide bonds. The van der Waals surface area contributed by atoms with E-state index in [0.29, 0.717) is 11.5 Å². The molecule has 1 aliphatic carbocycles. The highest BCUT2D eigenvalue weighted by Gasteiger charge is 2.32. The lowest BCUT2D eigenvalue weighted by molar-refractivity contribution is 0.100. The normalized spacial score (nSPS) is 21.1. The number of benzene rings is 1. The molecule has 0 aromatic heterocycles. The van der Waals surface area contributed by atoms with Gasteiger partial charge in [-0.2, -0.15) is 0 Å². The second-order valence-electron chi connectivity index (χ2n) is 6.29. The first-order chi connectivity index (χ1) is 10.3. The summed E-state index contributed by atoms with van der Waals surface area (Å²) in [5.74, 6) is -0.138. The van der Waals surface area contributed by atoms with E-state index in [2.05, 4.69) is 10.2 Å². The minimum atomic E-state index is -0.331. The molecular weight excluding hydrogens is 341 g/mol. The fourth-order valence-electron chi connectivity index (χ4n) is 3.90. The summed E-state index contributed by atoms with van der Waals surface area (Å²) in [6, 6.07) is 3.94. The van der Waals surface area contributed by atoms with Crippen molar-refractivity contribution in [3.63, 3.8) is 0 Å². The zero-order chi connectivity index (χ0) is 14.7. The molecule has 1 aliphatic heterocycles. The van der Waals surface area contributed by atoms with Crippen LogP contribution in [0.1, 0.15) is 43.7 Å². The molecule has 0 unspecified atom stereocenters. The summed E-state index contributed by atoms with van der Waals surface area (Å²) in [6.45, 7) is 3.69. The Balaban J connectivity index is 0.00000132. The largest absolute Gasteiger partial charge is 0.314 e. The third kappa shape index (κ3) is 5.02. The Labute approximate surface area is 149 Å². The van der Waals surface area contributed by atoms with E-state index < -0.39 is 0 Å². The summed E-state index contributed by atoms with van der Waals surface area (Å²) in [5, 5.41) is 3.34. The maximum atomic E-state index is 14.3. The van der Waals surface area contributed by atoms with Crippen LogP contribution in [0, 0.1) is 17.6 Å². The lowest BCUT2D eigenvalue weighted by Crippen LogP contribution is -2.47. The molecule has 1 atom stereocenters. The molecule has 1 aromatic rings. The van der Waals surface area contributed by atoms with Crippen molar-refractivity contribution in [1.29, 1.82) is 0 Å². The fraction of sp³-hybridized carbons (Fsp3) is 0.647. The third-order valence-corrected chi connectivity index (χ3v) is 4.92. The van der Waals surface area contributed by atoms with E-state index in [1.807, 2.05) is 0 Å². The molecule has 2 nitrogen and oxygen atoms in total. The maximum absolute atomic E-state index is 14.3. The molecule has 0 radical (unpaired) electrons. The molecule has 6 heteroatoms. The van der Waals surface area contributed by atoms with Gasteiger partial charge in [0.2, 0.25) is 0 Å². The van der Waals surface area contributed by atoms with Crippen LogP contribution in [0.25, 0.3) is 0 Å². The lowest BCUT2D eigenvalue weighted by Gasteiger charge is -2.41. The summed E-state index contributed by atoms with van der Waals surface area (Å²) in [4.78, 5) is 2.35. The van der Waals surface area contributed by atoms with Gasteiger partial charge in [-0.15, -0.1) is 24.8 Å². The van der Waals surface area contributed by atoms with Gasteiger partial charge < -0.3 is 5.32 Å². The van der Waals surface area contributed by atoms with Crippen LogP contribution in [0.3, 0.4) is 0 Å². The standard InChI is InChI=1S/C17H24F2N2.2ClH/c18-14-6-7-16(19)15(12-14)17(13-4-2-1-3-5-13)21-10-8-20-9-11-21;;/h6-7,12-13,17,20H,1-5,8-11H2;2*1H/t17-;;/m0../s1. The monoisotopic (exact) mass is 366 g/mol. The Morgan fingerprint density at radius 2 is 1.65 bits per heavy atom. The van der Waals surface area contributed by atoms with E-state index in [-0.39, 0.29) is 42.5 Å². The minimum absolute atomic E-state index is 0. The van der Waals surface area contributed by atoms with Gasteiger partial charge in [-0.3, -0.25) is 4.90 Å². The molecule has 1 N–H and O–H groups in total. The SMILES string of the molecule is Cl.Cl.Fc1ccc(F)c([C@H](C2CCCCC2)N2CCNCC2)c1. The number of nitrogens with one attached hydrogen (secondary N) is 1. The predicted molar refractivity (Wildman–Crippen MR) is 94.6 cm³/mol. The van der Waals surface area contributed by atoms with Crippen LogP contribution < -0.4 is 5.32 Å². The van der Waals surface area contributed by atoms with Gasteiger partial charge in [0, 0.05) is 37.8 Å². The zero-order valence-electron chi connectivity index (χ0n) is 13.3. The number of halogens is 4. The van der Waals surface area contributed by atoms with E-state index in [4.69, 9.17) is 0 Å². The van der Waals surface area contributed by atoms with E-state index in [1.165, 1.54) is 37.5 Å². The topological polar surface area (TPSA) is 15.3 Å². The summed E-state index contributed by atoms with van der Waals surface area (Å²) in [6.07, 6.45) is 5.96. The quantitative estimate of drug-likeness (QED) is 0.855. The van der Waals surface area contributed by atoms with Crippen molar-refractivity contribution >= 4 is 24.8 Å². The average molecular weight is 367 g/mol. The summed E-state index contributed by atoms with van der Waals surface area (Å²) in [7, 11) is 0. The highest BCUT2D eigenvalue weighted by molar-refractivity contribution is 5.85. The van der Waals surface area contributed by atoms with Crippen LogP contribution in [-0.2, 0) is 0 Å². The molecule has 2 fully saturated rings. The van der Waals surface area contributed by atoms with E-state index in [0.717, 1.165) is 39.0 Å². The zero-order valence-corrected chi connectivity index (χ0v) is 14.9. The highest BCUT2D eigenvalue weighted by Crippen LogP contribution is 2.39. The molecule has 3 rings (SSSR count). The minimum Gasteiger partial charge on any atom is -0.314 e. The molecule has 2 aliphatic rings. The Morgan fingerprint density at radius 3 is 2.30 bits per heavy atom. The van der Waals surface area contributed by atoms with E-state index >= 15 is 0 Å². The first-order valence-electron chi connectivity index (χ1n) is 8.15. The molecule has 1 saturated carbocycles. The predicted octanol–water partition coefficient (Wildman–Crippen LogP) is 4.34. The van der Waals surface area contributed by atoms with Gasteiger partial charge in [-0.05, 0) is 37.0 Å². The number of piperazine rings is 1. The number of rotatable bonds is 3. The lowest BCUT2D eigenvalue weighted by atomic mass is 9.80. The van der Waals surface area contributed by atoms with Crippen molar-refractivity contribution < 1.29 is 8.78 Å². The number of nitrogens with zero attached hydrogens (tertiary/aromatic N) is 1. The van der Waals surface area contributed by atoms with Crippen LogP contribution in [0.2, 0.25) is 0 Å². The van der Waals surface area contributed by atoms with Gasteiger partial charge in [-0.1, -0.05) is 19.3 Å². The molecule has 0 spiro atoms. The van der Waals surface area contributed by atoms with Crippen LogP contribution in [-0.4, -0.2) is 31.1 Å². The molecule has 1 aromatic carbocycles. The Kier molecular flexibility index (Phi) is 8.76. The summed E-state index contributed by atoms with van der Waals surface area (Å²) >= 11 is 0. The molecule has 1 heterocycles.